The summed E-state index contributed by atoms with van der Waals surface area (Å²) < 4.78 is 0. The average Bonchev–Trinajstić information content (AvgIpc) is 2.90. The Morgan fingerprint density at radius 1 is 1.11 bits per heavy atom. The molecule has 0 radical (unpaired) electrons. The van der Waals surface area contributed by atoms with Crippen molar-refractivity contribution in [2.45, 2.75) is 53.6 Å². The maximum Gasteiger partial charge on any atom is 0.0778 e. The minimum absolute atomic E-state index is 0.371. The monoisotopic (exact) mass is 246 g/mol. The predicted octanol–water partition coefficient (Wildman–Crippen LogP) is 3.94. The van der Waals surface area contributed by atoms with Crippen LogP contribution in [0.1, 0.15) is 48.0 Å². The first-order valence-electron chi connectivity index (χ1n) is 7.38. The molecule has 5 atom stereocenters. The first-order chi connectivity index (χ1) is 8.31. The molecule has 100 valence electrons. The summed E-state index contributed by atoms with van der Waals surface area (Å²) in [6.07, 6.45) is 1.22. The summed E-state index contributed by atoms with van der Waals surface area (Å²) in [6, 6.07) is 0. The van der Waals surface area contributed by atoms with E-state index in [1.165, 1.54) is 17.6 Å². The van der Waals surface area contributed by atoms with E-state index in [1.54, 1.807) is 11.1 Å². The van der Waals surface area contributed by atoms with Crippen molar-refractivity contribution in [3.05, 3.63) is 22.3 Å². The largest absolute Gasteiger partial charge is 0.389 e. The van der Waals surface area contributed by atoms with Gasteiger partial charge in [-0.1, -0.05) is 36.1 Å². The molecule has 0 amide bonds. The van der Waals surface area contributed by atoms with E-state index in [-0.39, 0.29) is 0 Å². The number of aliphatic hydroxyl groups is 1. The van der Waals surface area contributed by atoms with Crippen molar-refractivity contribution in [1.29, 1.82) is 0 Å². The third kappa shape index (κ3) is 1.13. The van der Waals surface area contributed by atoms with Crippen LogP contribution < -0.4 is 0 Å². The van der Waals surface area contributed by atoms with Crippen LogP contribution in [0, 0.1) is 29.6 Å². The molecule has 4 aliphatic rings. The lowest BCUT2D eigenvalue weighted by Gasteiger charge is -2.37. The molecule has 1 heteroatoms. The summed E-state index contributed by atoms with van der Waals surface area (Å²) >= 11 is 0. The zero-order valence-corrected chi connectivity index (χ0v) is 12.5. The van der Waals surface area contributed by atoms with Gasteiger partial charge in [0.15, 0.2) is 0 Å². The molecule has 4 rings (SSSR count). The molecule has 0 spiro atoms. The Balaban J connectivity index is 2.19. The van der Waals surface area contributed by atoms with E-state index >= 15 is 0 Å². The fourth-order valence-corrected chi connectivity index (χ4v) is 5.44. The van der Waals surface area contributed by atoms with Crippen molar-refractivity contribution in [1.82, 2.24) is 0 Å². The van der Waals surface area contributed by atoms with Gasteiger partial charge in [-0.25, -0.2) is 0 Å². The van der Waals surface area contributed by atoms with Crippen molar-refractivity contribution in [3.63, 3.8) is 0 Å². The highest BCUT2D eigenvalue weighted by molar-refractivity contribution is 5.51. The van der Waals surface area contributed by atoms with E-state index in [0.29, 0.717) is 29.6 Å². The molecule has 1 N–H and O–H groups in total. The van der Waals surface area contributed by atoms with Gasteiger partial charge in [0.25, 0.3) is 0 Å². The lowest BCUT2D eigenvalue weighted by molar-refractivity contribution is -0.0568. The second-order valence-electron chi connectivity index (χ2n) is 7.36. The van der Waals surface area contributed by atoms with Crippen LogP contribution in [0.25, 0.3) is 0 Å². The van der Waals surface area contributed by atoms with E-state index in [4.69, 9.17) is 0 Å². The van der Waals surface area contributed by atoms with Crippen molar-refractivity contribution in [2.24, 2.45) is 29.6 Å². The topological polar surface area (TPSA) is 20.2 Å². The van der Waals surface area contributed by atoms with E-state index in [0.717, 1.165) is 0 Å². The molecule has 4 fully saturated rings. The van der Waals surface area contributed by atoms with Gasteiger partial charge in [0.2, 0.25) is 0 Å². The van der Waals surface area contributed by atoms with Gasteiger partial charge in [0.1, 0.15) is 0 Å². The van der Waals surface area contributed by atoms with Crippen LogP contribution in [0.5, 0.6) is 0 Å². The molecule has 0 aliphatic heterocycles. The van der Waals surface area contributed by atoms with Crippen molar-refractivity contribution in [2.75, 3.05) is 0 Å². The molecule has 4 bridgehead atoms. The maximum atomic E-state index is 11.2. The zero-order valence-electron chi connectivity index (χ0n) is 12.5. The van der Waals surface area contributed by atoms with Crippen LogP contribution in [-0.2, 0) is 0 Å². The second-order valence-corrected chi connectivity index (χ2v) is 7.36. The number of rotatable bonds is 1. The molecular formula is C17H26O. The number of allylic oxidation sites excluding steroid dienone is 3. The predicted molar refractivity (Wildman–Crippen MR) is 75.1 cm³/mol. The van der Waals surface area contributed by atoms with Crippen molar-refractivity contribution < 1.29 is 5.11 Å². The zero-order chi connectivity index (χ0) is 13.4. The molecule has 0 unspecified atom stereocenters. The summed E-state index contributed by atoms with van der Waals surface area (Å²) in [6.45, 7) is 13.4. The molecule has 18 heavy (non-hydrogen) atoms. The fourth-order valence-electron chi connectivity index (χ4n) is 5.44. The summed E-state index contributed by atoms with van der Waals surface area (Å²) in [5, 5.41) is 11.2. The van der Waals surface area contributed by atoms with Gasteiger partial charge in [-0.3, -0.25) is 0 Å². The molecule has 4 aliphatic carbocycles. The molecule has 4 saturated carbocycles. The van der Waals surface area contributed by atoms with Gasteiger partial charge in [0.05, 0.1) is 5.60 Å². The Morgan fingerprint density at radius 3 is 2.11 bits per heavy atom. The van der Waals surface area contributed by atoms with Crippen molar-refractivity contribution >= 4 is 0 Å². The normalized spacial score (nSPS) is 44.7. The first-order valence-corrected chi connectivity index (χ1v) is 7.38. The summed E-state index contributed by atoms with van der Waals surface area (Å²) in [5.41, 5.74) is 5.78. The minimum Gasteiger partial charge on any atom is -0.389 e. The lowest BCUT2D eigenvalue weighted by atomic mass is 9.74. The van der Waals surface area contributed by atoms with Crippen LogP contribution >= 0.6 is 0 Å². The van der Waals surface area contributed by atoms with E-state index in [1.807, 2.05) is 0 Å². The molecule has 0 saturated heterocycles. The Hall–Kier alpha value is -0.560. The second kappa shape index (κ2) is 3.50. The molecule has 1 nitrogen and oxygen atoms in total. The molecule has 0 heterocycles. The minimum atomic E-state index is -0.430. The summed E-state index contributed by atoms with van der Waals surface area (Å²) in [4.78, 5) is 0. The molecular weight excluding hydrogens is 220 g/mol. The fraction of sp³-hybridized carbons (Fsp3) is 0.765. The molecule has 0 aromatic carbocycles. The quantitative estimate of drug-likeness (QED) is 0.695. The van der Waals surface area contributed by atoms with E-state index in [2.05, 4.69) is 41.5 Å². The standard InChI is InChI=1S/C17H26O/c1-8(2)13-11-7-12-15(13)14(9(3)4)16(11)17(12,18)10(5)6/h10-12,15-16,18H,7H2,1-6H3/t11-,12+,15+,16-,17-/m0/s1. The van der Waals surface area contributed by atoms with Crippen molar-refractivity contribution in [3.8, 4) is 0 Å². The SMILES string of the molecule is CC(C)=C1[C@H]2C(=C(C)C)[C@@H]3C[C@H]2[C@@](O)(C(C)C)[C@H]13. The highest BCUT2D eigenvalue weighted by Crippen LogP contribution is 2.74. The van der Waals surface area contributed by atoms with Crippen LogP contribution in [0.15, 0.2) is 22.3 Å². The Kier molecular flexibility index (Phi) is 2.43. The molecule has 0 aromatic heterocycles. The number of hydrogen-bond acceptors (Lipinski definition) is 1. The lowest BCUT2D eigenvalue weighted by Crippen LogP contribution is -2.43. The van der Waals surface area contributed by atoms with E-state index in [9.17, 15) is 5.11 Å². The van der Waals surface area contributed by atoms with Gasteiger partial charge in [0, 0.05) is 11.8 Å². The Bertz CT molecular complexity index is 460. The average molecular weight is 246 g/mol. The van der Waals surface area contributed by atoms with Gasteiger partial charge in [-0.05, 0) is 51.9 Å². The van der Waals surface area contributed by atoms with Gasteiger partial charge < -0.3 is 5.11 Å². The highest BCUT2D eigenvalue weighted by Gasteiger charge is 2.72. The smallest absolute Gasteiger partial charge is 0.0778 e. The first kappa shape index (κ1) is 12.5. The van der Waals surface area contributed by atoms with E-state index < -0.39 is 5.60 Å². The third-order valence-corrected chi connectivity index (χ3v) is 5.89. The highest BCUT2D eigenvalue weighted by atomic mass is 16.3. The molecule has 0 aromatic rings. The Labute approximate surface area is 111 Å². The van der Waals surface area contributed by atoms with Crippen LogP contribution in [-0.4, -0.2) is 10.7 Å². The van der Waals surface area contributed by atoms with Gasteiger partial charge in [-0.15, -0.1) is 0 Å². The number of hydrogen-bond donors (Lipinski definition) is 1. The summed E-state index contributed by atoms with van der Waals surface area (Å²) in [5.74, 6) is 2.49. The van der Waals surface area contributed by atoms with Gasteiger partial charge >= 0.3 is 0 Å². The maximum absolute atomic E-state index is 11.2. The van der Waals surface area contributed by atoms with Crippen LogP contribution in [0.3, 0.4) is 0 Å². The Morgan fingerprint density at radius 2 is 1.67 bits per heavy atom. The van der Waals surface area contributed by atoms with Crippen LogP contribution in [0.4, 0.5) is 0 Å². The third-order valence-electron chi connectivity index (χ3n) is 5.89. The van der Waals surface area contributed by atoms with Gasteiger partial charge in [-0.2, -0.15) is 0 Å². The van der Waals surface area contributed by atoms with Crippen LogP contribution in [0.2, 0.25) is 0 Å². The summed E-state index contributed by atoms with van der Waals surface area (Å²) in [7, 11) is 0.